The largest absolute Gasteiger partial charge is 0.506 e. The highest BCUT2D eigenvalue weighted by atomic mass is 19.1. The fraction of sp³-hybridized carbons (Fsp3) is 0.333. The van der Waals surface area contributed by atoms with Crippen molar-refractivity contribution in [3.63, 3.8) is 0 Å². The number of nitrogens with zero attached hydrogens (tertiary/aromatic N) is 2. The molecule has 2 heterocycles. The number of aromatic nitrogens is 2. The number of halogens is 1. The van der Waals surface area contributed by atoms with Gasteiger partial charge in [-0.3, -0.25) is 4.57 Å². The highest BCUT2D eigenvalue weighted by molar-refractivity contribution is 5.27. The van der Waals surface area contributed by atoms with Crippen molar-refractivity contribution in [1.82, 2.24) is 9.55 Å². The SMILES string of the molecule is Nc1nc(=O)n(C2OC(CO)C(O)=C2O)cc1F. The Morgan fingerprint density at radius 1 is 1.50 bits per heavy atom. The molecule has 1 aromatic heterocycles. The first-order valence-electron chi connectivity index (χ1n) is 4.88. The molecule has 8 nitrogen and oxygen atoms in total. The van der Waals surface area contributed by atoms with Gasteiger partial charge in [0.2, 0.25) is 0 Å². The van der Waals surface area contributed by atoms with Crippen molar-refractivity contribution in [1.29, 1.82) is 0 Å². The van der Waals surface area contributed by atoms with Gasteiger partial charge in [0, 0.05) is 0 Å². The van der Waals surface area contributed by atoms with Crippen molar-refractivity contribution in [2.45, 2.75) is 12.3 Å². The number of nitrogens with two attached hydrogens (primary N) is 1. The van der Waals surface area contributed by atoms with E-state index in [1.165, 1.54) is 0 Å². The molecule has 1 aliphatic rings. The van der Waals surface area contributed by atoms with Crippen molar-refractivity contribution in [3.8, 4) is 0 Å². The van der Waals surface area contributed by atoms with Gasteiger partial charge in [-0.1, -0.05) is 0 Å². The summed E-state index contributed by atoms with van der Waals surface area (Å²) in [6, 6.07) is 0. The van der Waals surface area contributed by atoms with E-state index >= 15 is 0 Å². The molecule has 0 aromatic carbocycles. The summed E-state index contributed by atoms with van der Waals surface area (Å²) in [6.45, 7) is -0.605. The molecule has 2 atom stereocenters. The lowest BCUT2D eigenvalue weighted by molar-refractivity contribution is -0.0371. The second-order valence-corrected chi connectivity index (χ2v) is 3.59. The minimum atomic E-state index is -1.45. The predicted octanol–water partition coefficient (Wildman–Crippen LogP) is -0.818. The Balaban J connectivity index is 2.46. The van der Waals surface area contributed by atoms with E-state index in [-0.39, 0.29) is 0 Å². The summed E-state index contributed by atoms with van der Waals surface area (Å²) in [5.41, 5.74) is 4.14. The molecule has 0 saturated heterocycles. The molecule has 1 aliphatic heterocycles. The van der Waals surface area contributed by atoms with E-state index < -0.39 is 47.8 Å². The number of hydrogen-bond acceptors (Lipinski definition) is 7. The summed E-state index contributed by atoms with van der Waals surface area (Å²) in [6.07, 6.45) is -1.93. The van der Waals surface area contributed by atoms with Crippen LogP contribution in [0.25, 0.3) is 0 Å². The van der Waals surface area contributed by atoms with Crippen LogP contribution in [0.2, 0.25) is 0 Å². The average molecular weight is 259 g/mol. The number of ether oxygens (including phenoxy) is 1. The molecule has 5 N–H and O–H groups in total. The lowest BCUT2D eigenvalue weighted by Crippen LogP contribution is -2.30. The number of aliphatic hydroxyl groups excluding tert-OH is 3. The van der Waals surface area contributed by atoms with Gasteiger partial charge in [0.15, 0.2) is 29.4 Å². The van der Waals surface area contributed by atoms with E-state index in [1.54, 1.807) is 0 Å². The second kappa shape index (κ2) is 4.27. The van der Waals surface area contributed by atoms with Gasteiger partial charge >= 0.3 is 5.69 Å². The third-order valence-electron chi connectivity index (χ3n) is 2.45. The van der Waals surface area contributed by atoms with Gasteiger partial charge in [-0.25, -0.2) is 9.18 Å². The molecule has 9 heteroatoms. The van der Waals surface area contributed by atoms with Crippen LogP contribution in [0.1, 0.15) is 6.23 Å². The van der Waals surface area contributed by atoms with Crippen LogP contribution in [0.3, 0.4) is 0 Å². The Hall–Kier alpha value is -2.13. The van der Waals surface area contributed by atoms with E-state index in [9.17, 15) is 19.4 Å². The zero-order valence-electron chi connectivity index (χ0n) is 8.95. The van der Waals surface area contributed by atoms with E-state index in [0.29, 0.717) is 10.8 Å². The topological polar surface area (TPSA) is 131 Å². The van der Waals surface area contributed by atoms with Gasteiger partial charge in [-0.15, -0.1) is 0 Å². The highest BCUT2D eigenvalue weighted by Gasteiger charge is 2.36. The molecular weight excluding hydrogens is 249 g/mol. The summed E-state index contributed by atoms with van der Waals surface area (Å²) in [7, 11) is 0. The van der Waals surface area contributed by atoms with Gasteiger partial charge in [0.25, 0.3) is 0 Å². The normalized spacial score (nSPS) is 23.7. The minimum Gasteiger partial charge on any atom is -0.506 e. The third kappa shape index (κ3) is 1.79. The van der Waals surface area contributed by atoms with E-state index in [4.69, 9.17) is 15.6 Å². The molecule has 0 radical (unpaired) electrons. The molecule has 1 aromatic rings. The maximum Gasteiger partial charge on any atom is 0.352 e. The van der Waals surface area contributed by atoms with Gasteiger partial charge in [-0.2, -0.15) is 4.98 Å². The van der Waals surface area contributed by atoms with E-state index in [1.807, 2.05) is 0 Å². The third-order valence-corrected chi connectivity index (χ3v) is 2.45. The molecule has 2 rings (SSSR count). The van der Waals surface area contributed by atoms with Crippen LogP contribution in [0.5, 0.6) is 0 Å². The van der Waals surface area contributed by atoms with Gasteiger partial charge in [0.1, 0.15) is 6.10 Å². The maximum absolute atomic E-state index is 13.2. The summed E-state index contributed by atoms with van der Waals surface area (Å²) in [5.74, 6) is -2.87. The standard InChI is InChI=1S/C9H10FN3O5/c10-3-1-13(9(17)12-7(3)11)8-6(16)5(15)4(2-14)18-8/h1,4,8,14-16H,2H2,(H2,11,12,17). The van der Waals surface area contributed by atoms with Crippen molar-refractivity contribution in [2.24, 2.45) is 0 Å². The zero-order chi connectivity index (χ0) is 13.4. The first kappa shape index (κ1) is 12.3. The molecule has 0 aliphatic carbocycles. The van der Waals surface area contributed by atoms with Crippen molar-refractivity contribution < 1.29 is 24.4 Å². The average Bonchev–Trinajstić information content (AvgIpc) is 2.61. The molecule has 0 bridgehead atoms. The zero-order valence-corrected chi connectivity index (χ0v) is 8.95. The van der Waals surface area contributed by atoms with Crippen LogP contribution in [0, 0.1) is 5.82 Å². The molecule has 98 valence electrons. The minimum absolute atomic E-state index is 0.583. The number of aliphatic hydroxyl groups is 3. The van der Waals surface area contributed by atoms with Crippen LogP contribution in [-0.4, -0.2) is 37.6 Å². The van der Waals surface area contributed by atoms with Gasteiger partial charge < -0.3 is 25.8 Å². The monoisotopic (exact) mass is 259 g/mol. The van der Waals surface area contributed by atoms with Crippen LogP contribution in [0.15, 0.2) is 22.5 Å². The van der Waals surface area contributed by atoms with Crippen molar-refractivity contribution >= 4 is 5.82 Å². The van der Waals surface area contributed by atoms with Crippen molar-refractivity contribution in [2.75, 3.05) is 12.3 Å². The molecular formula is C9H10FN3O5. The van der Waals surface area contributed by atoms with Crippen LogP contribution < -0.4 is 11.4 Å². The maximum atomic E-state index is 13.2. The van der Waals surface area contributed by atoms with Crippen LogP contribution in [0.4, 0.5) is 10.2 Å². The van der Waals surface area contributed by atoms with Gasteiger partial charge in [-0.05, 0) is 0 Å². The summed E-state index contributed by atoms with van der Waals surface area (Å²) in [4.78, 5) is 14.7. The lowest BCUT2D eigenvalue weighted by Gasteiger charge is -2.15. The van der Waals surface area contributed by atoms with Crippen molar-refractivity contribution in [3.05, 3.63) is 34.0 Å². The van der Waals surface area contributed by atoms with Gasteiger partial charge in [0.05, 0.1) is 12.8 Å². The quantitative estimate of drug-likeness (QED) is 0.545. The predicted molar refractivity (Wildman–Crippen MR) is 56.1 cm³/mol. The highest BCUT2D eigenvalue weighted by Crippen LogP contribution is 2.30. The summed E-state index contributed by atoms with van der Waals surface area (Å²) in [5, 5.41) is 27.8. The van der Waals surface area contributed by atoms with Crippen LogP contribution in [-0.2, 0) is 4.74 Å². The number of rotatable bonds is 2. The molecule has 0 fully saturated rings. The molecule has 0 spiro atoms. The fourth-order valence-corrected chi connectivity index (χ4v) is 1.53. The number of nitrogen functional groups attached to an aromatic ring is 1. The Morgan fingerprint density at radius 3 is 2.72 bits per heavy atom. The smallest absolute Gasteiger partial charge is 0.352 e. The van der Waals surface area contributed by atoms with E-state index in [2.05, 4.69) is 4.98 Å². The first-order chi connectivity index (χ1) is 8.45. The van der Waals surface area contributed by atoms with E-state index in [0.717, 1.165) is 0 Å². The number of hydrogen-bond donors (Lipinski definition) is 4. The second-order valence-electron chi connectivity index (χ2n) is 3.59. The molecule has 0 amide bonds. The lowest BCUT2D eigenvalue weighted by atomic mass is 10.3. The Morgan fingerprint density at radius 2 is 2.17 bits per heavy atom. The van der Waals surface area contributed by atoms with Crippen LogP contribution >= 0.6 is 0 Å². The molecule has 18 heavy (non-hydrogen) atoms. The fourth-order valence-electron chi connectivity index (χ4n) is 1.53. The molecule has 0 saturated carbocycles. The first-order valence-corrected chi connectivity index (χ1v) is 4.88. The Bertz CT molecular complexity index is 570. The Kier molecular flexibility index (Phi) is 2.93. The molecule has 2 unspecified atom stereocenters. The number of anilines is 1. The summed E-state index contributed by atoms with van der Waals surface area (Å²) < 4.78 is 18.8. The Labute approximate surface area is 99.4 Å². The summed E-state index contributed by atoms with van der Waals surface area (Å²) >= 11 is 0.